The molecule has 116 valence electrons. The first-order chi connectivity index (χ1) is 9.43. The Morgan fingerprint density at radius 1 is 1.45 bits per heavy atom. The van der Waals surface area contributed by atoms with Crippen LogP contribution in [0.5, 0.6) is 0 Å². The third kappa shape index (κ3) is 4.86. The van der Waals surface area contributed by atoms with E-state index in [0.29, 0.717) is 0 Å². The molecule has 0 aliphatic heterocycles. The summed E-state index contributed by atoms with van der Waals surface area (Å²) in [6.45, 7) is 9.31. The monoisotopic (exact) mass is 345 g/mol. The summed E-state index contributed by atoms with van der Waals surface area (Å²) in [5.41, 5.74) is 2.59. The molecule has 1 rings (SSSR count). The van der Waals surface area contributed by atoms with E-state index in [1.54, 1.807) is 7.11 Å². The lowest BCUT2D eigenvalue weighted by atomic mass is 9.81. The third-order valence-electron chi connectivity index (χ3n) is 3.74. The second kappa shape index (κ2) is 8.15. The van der Waals surface area contributed by atoms with E-state index in [2.05, 4.69) is 40.2 Å². The lowest BCUT2D eigenvalue weighted by Crippen LogP contribution is -2.35. The van der Waals surface area contributed by atoms with Crippen LogP contribution >= 0.6 is 15.9 Å². The van der Waals surface area contributed by atoms with Crippen molar-refractivity contribution in [3.63, 3.8) is 0 Å². The number of halogens is 1. The topological polar surface area (TPSA) is 39.1 Å². The first kappa shape index (κ1) is 17.7. The van der Waals surface area contributed by atoms with E-state index in [9.17, 15) is 0 Å². The van der Waals surface area contributed by atoms with Gasteiger partial charge in [0.05, 0.1) is 22.5 Å². The third-order valence-corrected chi connectivity index (χ3v) is 4.78. The molecule has 5 heteroatoms. The van der Waals surface area contributed by atoms with Crippen molar-refractivity contribution >= 4 is 15.9 Å². The van der Waals surface area contributed by atoms with Gasteiger partial charge in [0.2, 0.25) is 0 Å². The summed E-state index contributed by atoms with van der Waals surface area (Å²) >= 11 is 3.67. The zero-order valence-electron chi connectivity index (χ0n) is 13.4. The van der Waals surface area contributed by atoms with Gasteiger partial charge in [-0.25, -0.2) is 0 Å². The van der Waals surface area contributed by atoms with E-state index in [1.165, 1.54) is 18.5 Å². The molecule has 1 atom stereocenters. The second-order valence-corrected chi connectivity index (χ2v) is 6.67. The van der Waals surface area contributed by atoms with Crippen LogP contribution in [0, 0.1) is 12.3 Å². The van der Waals surface area contributed by atoms with Crippen LogP contribution in [0.3, 0.4) is 0 Å². The standard InChI is InChI=1S/C15H28BrN3O/c1-6-7-15(3,11-17-8-9-20-5)10-13-14(16)12(2)18-19(13)4/h17H,6-11H2,1-5H3. The summed E-state index contributed by atoms with van der Waals surface area (Å²) in [6, 6.07) is 0. The molecule has 0 spiro atoms. The van der Waals surface area contributed by atoms with E-state index in [1.807, 2.05) is 18.7 Å². The van der Waals surface area contributed by atoms with E-state index in [4.69, 9.17) is 4.74 Å². The largest absolute Gasteiger partial charge is 0.383 e. The van der Waals surface area contributed by atoms with Gasteiger partial charge in [0.1, 0.15) is 0 Å². The smallest absolute Gasteiger partial charge is 0.0738 e. The number of rotatable bonds is 9. The van der Waals surface area contributed by atoms with Gasteiger partial charge in [0, 0.05) is 27.2 Å². The first-order valence-electron chi connectivity index (χ1n) is 7.31. The van der Waals surface area contributed by atoms with Crippen LogP contribution in [-0.2, 0) is 18.2 Å². The van der Waals surface area contributed by atoms with Crippen molar-refractivity contribution < 1.29 is 4.74 Å². The summed E-state index contributed by atoms with van der Waals surface area (Å²) in [4.78, 5) is 0. The van der Waals surface area contributed by atoms with Gasteiger partial charge in [-0.3, -0.25) is 4.68 Å². The maximum atomic E-state index is 5.09. The van der Waals surface area contributed by atoms with Crippen LogP contribution in [-0.4, -0.2) is 36.6 Å². The van der Waals surface area contributed by atoms with Crippen molar-refractivity contribution in [3.8, 4) is 0 Å². The molecule has 0 saturated heterocycles. The minimum atomic E-state index is 0.241. The molecule has 1 N–H and O–H groups in total. The summed E-state index contributed by atoms with van der Waals surface area (Å²) < 4.78 is 8.25. The quantitative estimate of drug-likeness (QED) is 0.699. The maximum absolute atomic E-state index is 5.09. The van der Waals surface area contributed by atoms with Crippen molar-refractivity contribution in [1.82, 2.24) is 15.1 Å². The van der Waals surface area contributed by atoms with Gasteiger partial charge in [0.25, 0.3) is 0 Å². The number of hydrogen-bond acceptors (Lipinski definition) is 3. The Balaban J connectivity index is 2.74. The summed E-state index contributed by atoms with van der Waals surface area (Å²) in [7, 11) is 3.76. The average molecular weight is 346 g/mol. The van der Waals surface area contributed by atoms with Gasteiger partial charge in [-0.2, -0.15) is 5.10 Å². The molecule has 1 aromatic heterocycles. The average Bonchev–Trinajstić information content (AvgIpc) is 2.62. The molecule has 0 aromatic carbocycles. The zero-order valence-corrected chi connectivity index (χ0v) is 15.0. The number of nitrogens with zero attached hydrogens (tertiary/aromatic N) is 2. The van der Waals surface area contributed by atoms with Crippen molar-refractivity contribution in [3.05, 3.63) is 15.9 Å². The van der Waals surface area contributed by atoms with Crippen molar-refractivity contribution in [2.24, 2.45) is 12.5 Å². The summed E-state index contributed by atoms with van der Waals surface area (Å²) in [6.07, 6.45) is 3.42. The lowest BCUT2D eigenvalue weighted by molar-refractivity contribution is 0.189. The number of nitrogens with one attached hydrogen (secondary N) is 1. The zero-order chi connectivity index (χ0) is 15.2. The van der Waals surface area contributed by atoms with Crippen molar-refractivity contribution in [2.45, 2.75) is 40.0 Å². The lowest BCUT2D eigenvalue weighted by Gasteiger charge is -2.30. The SMILES string of the molecule is CCCC(C)(CNCCOC)Cc1c(Br)c(C)nn1C. The highest BCUT2D eigenvalue weighted by Gasteiger charge is 2.26. The Morgan fingerprint density at radius 3 is 2.65 bits per heavy atom. The Kier molecular flexibility index (Phi) is 7.20. The Bertz CT molecular complexity index is 419. The fourth-order valence-corrected chi connectivity index (χ4v) is 3.16. The molecule has 0 aliphatic carbocycles. The number of hydrogen-bond donors (Lipinski definition) is 1. The molecular weight excluding hydrogens is 318 g/mol. The number of methoxy groups -OCH3 is 1. The van der Waals surface area contributed by atoms with E-state index < -0.39 is 0 Å². The predicted molar refractivity (Wildman–Crippen MR) is 87.1 cm³/mol. The molecule has 0 bridgehead atoms. The van der Waals surface area contributed by atoms with E-state index >= 15 is 0 Å². The normalized spacial score (nSPS) is 14.5. The van der Waals surface area contributed by atoms with E-state index in [0.717, 1.165) is 36.3 Å². The van der Waals surface area contributed by atoms with Gasteiger partial charge in [-0.15, -0.1) is 0 Å². The Labute approximate surface area is 131 Å². The molecular formula is C15H28BrN3O. The van der Waals surface area contributed by atoms with Crippen LogP contribution in [0.15, 0.2) is 4.47 Å². The van der Waals surface area contributed by atoms with Gasteiger partial charge in [0.15, 0.2) is 0 Å². The number of aryl methyl sites for hydroxylation is 2. The summed E-state index contributed by atoms with van der Waals surface area (Å²) in [5, 5.41) is 8.00. The van der Waals surface area contributed by atoms with Crippen LogP contribution < -0.4 is 5.32 Å². The number of aromatic nitrogens is 2. The molecule has 0 radical (unpaired) electrons. The fraction of sp³-hybridized carbons (Fsp3) is 0.800. The highest BCUT2D eigenvalue weighted by Crippen LogP contribution is 2.31. The Hall–Kier alpha value is -0.390. The molecule has 4 nitrogen and oxygen atoms in total. The minimum Gasteiger partial charge on any atom is -0.383 e. The molecule has 20 heavy (non-hydrogen) atoms. The summed E-state index contributed by atoms with van der Waals surface area (Å²) in [5.74, 6) is 0. The molecule has 0 fully saturated rings. The van der Waals surface area contributed by atoms with Crippen LogP contribution in [0.25, 0.3) is 0 Å². The second-order valence-electron chi connectivity index (χ2n) is 5.88. The van der Waals surface area contributed by atoms with Gasteiger partial charge < -0.3 is 10.1 Å². The molecule has 0 saturated carbocycles. The Morgan fingerprint density at radius 2 is 2.15 bits per heavy atom. The molecule has 1 aromatic rings. The molecule has 1 unspecified atom stereocenters. The van der Waals surface area contributed by atoms with Crippen molar-refractivity contribution in [2.75, 3.05) is 26.8 Å². The minimum absolute atomic E-state index is 0.241. The molecule has 0 amide bonds. The van der Waals surface area contributed by atoms with Crippen LogP contribution in [0.1, 0.15) is 38.1 Å². The highest BCUT2D eigenvalue weighted by atomic mass is 79.9. The maximum Gasteiger partial charge on any atom is 0.0738 e. The van der Waals surface area contributed by atoms with Crippen LogP contribution in [0.4, 0.5) is 0 Å². The van der Waals surface area contributed by atoms with Gasteiger partial charge >= 0.3 is 0 Å². The van der Waals surface area contributed by atoms with Gasteiger partial charge in [-0.1, -0.05) is 20.3 Å². The molecule has 0 aliphatic rings. The molecule has 1 heterocycles. The predicted octanol–water partition coefficient (Wildman–Crippen LogP) is 3.08. The van der Waals surface area contributed by atoms with Crippen LogP contribution in [0.2, 0.25) is 0 Å². The van der Waals surface area contributed by atoms with Gasteiger partial charge in [-0.05, 0) is 41.1 Å². The fourth-order valence-electron chi connectivity index (χ4n) is 2.68. The highest BCUT2D eigenvalue weighted by molar-refractivity contribution is 9.10. The first-order valence-corrected chi connectivity index (χ1v) is 8.10. The number of ether oxygens (including phenoxy) is 1. The van der Waals surface area contributed by atoms with E-state index in [-0.39, 0.29) is 5.41 Å². The van der Waals surface area contributed by atoms with Crippen molar-refractivity contribution in [1.29, 1.82) is 0 Å².